The van der Waals surface area contributed by atoms with E-state index in [4.69, 9.17) is 14.5 Å². The van der Waals surface area contributed by atoms with Gasteiger partial charge in [0.05, 0.1) is 36.8 Å². The summed E-state index contributed by atoms with van der Waals surface area (Å²) in [5.74, 6) is 1.78. The first kappa shape index (κ1) is 17.6. The number of hydrogen-bond donors (Lipinski definition) is 0. The van der Waals surface area contributed by atoms with Crippen LogP contribution in [0.3, 0.4) is 0 Å². The van der Waals surface area contributed by atoms with E-state index in [1.807, 2.05) is 24.5 Å². The number of ether oxygens (including phenoxy) is 2. The standard InChI is InChI=1S/C20H28N4O2/c1-16-20-22-12-19(15-26-14-17-5-10-25-11-6-17)24(20)9-8-23(16)13-18-4-2-3-7-21-18/h2-4,7,12,16-17H,5-6,8-11,13-15H2,1H3/t16-/m0/s1. The van der Waals surface area contributed by atoms with Crippen molar-refractivity contribution in [3.8, 4) is 0 Å². The summed E-state index contributed by atoms with van der Waals surface area (Å²) in [7, 11) is 0. The van der Waals surface area contributed by atoms with Crippen LogP contribution in [0.25, 0.3) is 0 Å². The third kappa shape index (κ3) is 3.98. The largest absolute Gasteiger partial charge is 0.381 e. The fourth-order valence-electron chi connectivity index (χ4n) is 3.88. The van der Waals surface area contributed by atoms with E-state index < -0.39 is 0 Å². The van der Waals surface area contributed by atoms with Gasteiger partial charge in [0, 0.05) is 39.0 Å². The number of fused-ring (bicyclic) bond motifs is 1. The van der Waals surface area contributed by atoms with Crippen molar-refractivity contribution in [2.45, 2.75) is 45.5 Å². The molecule has 2 aliphatic heterocycles. The molecule has 0 unspecified atom stereocenters. The van der Waals surface area contributed by atoms with Gasteiger partial charge >= 0.3 is 0 Å². The molecular formula is C20H28N4O2. The van der Waals surface area contributed by atoms with E-state index in [9.17, 15) is 0 Å². The van der Waals surface area contributed by atoms with E-state index in [0.29, 0.717) is 12.5 Å². The summed E-state index contributed by atoms with van der Waals surface area (Å²) in [5, 5.41) is 0. The van der Waals surface area contributed by atoms with E-state index >= 15 is 0 Å². The Labute approximate surface area is 155 Å². The second-order valence-electron chi connectivity index (χ2n) is 7.30. The first-order valence-electron chi connectivity index (χ1n) is 9.65. The van der Waals surface area contributed by atoms with Crippen molar-refractivity contribution in [1.82, 2.24) is 19.4 Å². The molecule has 0 aliphatic carbocycles. The van der Waals surface area contributed by atoms with Gasteiger partial charge in [0.2, 0.25) is 0 Å². The number of rotatable bonds is 6. The molecule has 26 heavy (non-hydrogen) atoms. The summed E-state index contributed by atoms with van der Waals surface area (Å²) in [5.41, 5.74) is 2.30. The Morgan fingerprint density at radius 3 is 2.88 bits per heavy atom. The maximum absolute atomic E-state index is 6.00. The molecule has 0 saturated carbocycles. The van der Waals surface area contributed by atoms with Crippen LogP contribution in [-0.2, 0) is 29.2 Å². The average Bonchev–Trinajstić information content (AvgIpc) is 3.10. The van der Waals surface area contributed by atoms with Gasteiger partial charge in [-0.05, 0) is 37.8 Å². The van der Waals surface area contributed by atoms with Crippen LogP contribution >= 0.6 is 0 Å². The van der Waals surface area contributed by atoms with Crippen LogP contribution in [-0.4, -0.2) is 45.8 Å². The highest BCUT2D eigenvalue weighted by molar-refractivity contribution is 5.12. The van der Waals surface area contributed by atoms with Gasteiger partial charge in [-0.3, -0.25) is 9.88 Å². The van der Waals surface area contributed by atoms with Gasteiger partial charge in [-0.1, -0.05) is 6.07 Å². The van der Waals surface area contributed by atoms with E-state index in [1.165, 1.54) is 5.69 Å². The van der Waals surface area contributed by atoms with Crippen molar-refractivity contribution in [1.29, 1.82) is 0 Å². The quantitative estimate of drug-likeness (QED) is 0.797. The van der Waals surface area contributed by atoms with Crippen molar-refractivity contribution in [2.24, 2.45) is 5.92 Å². The third-order valence-corrected chi connectivity index (χ3v) is 5.54. The molecule has 140 valence electrons. The Morgan fingerprint density at radius 2 is 2.08 bits per heavy atom. The minimum atomic E-state index is 0.287. The van der Waals surface area contributed by atoms with Crippen LogP contribution in [0.1, 0.15) is 43.0 Å². The van der Waals surface area contributed by atoms with Crippen LogP contribution in [0.15, 0.2) is 30.6 Å². The zero-order valence-electron chi connectivity index (χ0n) is 15.5. The zero-order valence-corrected chi connectivity index (χ0v) is 15.5. The average molecular weight is 356 g/mol. The van der Waals surface area contributed by atoms with Gasteiger partial charge in [0.25, 0.3) is 0 Å². The molecule has 2 aromatic heterocycles. The van der Waals surface area contributed by atoms with Crippen LogP contribution in [0, 0.1) is 5.92 Å². The maximum Gasteiger partial charge on any atom is 0.126 e. The minimum Gasteiger partial charge on any atom is -0.381 e. The van der Waals surface area contributed by atoms with Crippen molar-refractivity contribution < 1.29 is 9.47 Å². The van der Waals surface area contributed by atoms with Gasteiger partial charge in [-0.25, -0.2) is 4.98 Å². The number of imidazole rings is 1. The summed E-state index contributed by atoms with van der Waals surface area (Å²) in [4.78, 5) is 11.6. The normalized spacial score (nSPS) is 21.7. The smallest absolute Gasteiger partial charge is 0.126 e. The van der Waals surface area contributed by atoms with E-state index in [-0.39, 0.29) is 6.04 Å². The predicted molar refractivity (Wildman–Crippen MR) is 98.5 cm³/mol. The minimum absolute atomic E-state index is 0.287. The van der Waals surface area contributed by atoms with E-state index in [1.54, 1.807) is 0 Å². The summed E-state index contributed by atoms with van der Waals surface area (Å²) in [6.45, 7) is 8.29. The molecule has 1 fully saturated rings. The zero-order chi connectivity index (χ0) is 17.8. The maximum atomic E-state index is 6.00. The number of pyridine rings is 1. The van der Waals surface area contributed by atoms with Crippen molar-refractivity contribution in [3.05, 3.63) is 47.8 Å². The Bertz CT molecular complexity index is 697. The SMILES string of the molecule is C[C@H]1c2ncc(COCC3CCOCC3)n2CCN1Cc1ccccn1. The van der Waals surface area contributed by atoms with E-state index in [0.717, 1.165) is 63.8 Å². The third-order valence-electron chi connectivity index (χ3n) is 5.54. The highest BCUT2D eigenvalue weighted by Crippen LogP contribution is 2.27. The molecule has 0 amide bonds. The molecule has 0 radical (unpaired) electrons. The Hall–Kier alpha value is -1.76. The second kappa shape index (κ2) is 8.29. The first-order valence-corrected chi connectivity index (χ1v) is 9.65. The molecule has 0 spiro atoms. The van der Waals surface area contributed by atoms with Crippen molar-refractivity contribution in [2.75, 3.05) is 26.4 Å². The second-order valence-corrected chi connectivity index (χ2v) is 7.30. The first-order chi connectivity index (χ1) is 12.8. The number of nitrogens with zero attached hydrogens (tertiary/aromatic N) is 4. The van der Waals surface area contributed by atoms with Crippen LogP contribution in [0.4, 0.5) is 0 Å². The predicted octanol–water partition coefficient (Wildman–Crippen LogP) is 2.80. The topological polar surface area (TPSA) is 52.4 Å². The molecular weight excluding hydrogens is 328 g/mol. The van der Waals surface area contributed by atoms with Crippen LogP contribution in [0.5, 0.6) is 0 Å². The monoisotopic (exact) mass is 356 g/mol. The van der Waals surface area contributed by atoms with E-state index in [2.05, 4.69) is 27.4 Å². The molecule has 1 saturated heterocycles. The summed E-state index contributed by atoms with van der Waals surface area (Å²) in [6, 6.07) is 6.38. The van der Waals surface area contributed by atoms with Gasteiger partial charge < -0.3 is 14.0 Å². The molecule has 0 bridgehead atoms. The molecule has 2 aliphatic rings. The molecule has 0 N–H and O–H groups in total. The van der Waals surface area contributed by atoms with Gasteiger partial charge in [-0.15, -0.1) is 0 Å². The van der Waals surface area contributed by atoms with Crippen LogP contribution in [0.2, 0.25) is 0 Å². The van der Waals surface area contributed by atoms with Gasteiger partial charge in [0.1, 0.15) is 5.82 Å². The summed E-state index contributed by atoms with van der Waals surface area (Å²) in [6.07, 6.45) is 6.08. The molecule has 4 rings (SSSR count). The van der Waals surface area contributed by atoms with Crippen molar-refractivity contribution in [3.63, 3.8) is 0 Å². The Morgan fingerprint density at radius 1 is 1.19 bits per heavy atom. The van der Waals surface area contributed by atoms with Gasteiger partial charge in [-0.2, -0.15) is 0 Å². The highest BCUT2D eigenvalue weighted by atomic mass is 16.5. The number of hydrogen-bond acceptors (Lipinski definition) is 5. The molecule has 6 nitrogen and oxygen atoms in total. The summed E-state index contributed by atoms with van der Waals surface area (Å²) < 4.78 is 13.8. The fourth-order valence-corrected chi connectivity index (χ4v) is 3.88. The van der Waals surface area contributed by atoms with Gasteiger partial charge in [0.15, 0.2) is 0 Å². The molecule has 2 aromatic rings. The lowest BCUT2D eigenvalue weighted by Crippen LogP contribution is -2.37. The molecule has 6 heteroatoms. The lowest BCUT2D eigenvalue weighted by atomic mass is 10.0. The Kier molecular flexibility index (Phi) is 5.62. The fraction of sp³-hybridized carbons (Fsp3) is 0.600. The highest BCUT2D eigenvalue weighted by Gasteiger charge is 2.27. The lowest BCUT2D eigenvalue weighted by molar-refractivity contribution is 0.0139. The lowest BCUT2D eigenvalue weighted by Gasteiger charge is -2.34. The van der Waals surface area contributed by atoms with Crippen molar-refractivity contribution >= 4 is 0 Å². The van der Waals surface area contributed by atoms with Crippen LogP contribution < -0.4 is 0 Å². The summed E-state index contributed by atoms with van der Waals surface area (Å²) >= 11 is 0. The number of aromatic nitrogens is 3. The Balaban J connectivity index is 1.34. The molecule has 0 aromatic carbocycles. The molecule has 1 atom stereocenters. The molecule has 4 heterocycles.